The lowest BCUT2D eigenvalue weighted by Crippen LogP contribution is -2.25. The molecule has 0 spiro atoms. The van der Waals surface area contributed by atoms with Crippen molar-refractivity contribution in [2.75, 3.05) is 13.1 Å². The molecule has 0 radical (unpaired) electrons. The predicted octanol–water partition coefficient (Wildman–Crippen LogP) is 1.21. The third-order valence-electron chi connectivity index (χ3n) is 2.52. The van der Waals surface area contributed by atoms with E-state index in [1.165, 1.54) is 13.8 Å². The summed E-state index contributed by atoms with van der Waals surface area (Å²) in [5.41, 5.74) is 0. The molecular formula is C12H18N4O2. The summed E-state index contributed by atoms with van der Waals surface area (Å²) < 4.78 is 0. The van der Waals surface area contributed by atoms with Gasteiger partial charge in [0.05, 0.1) is 0 Å². The molecule has 0 heterocycles. The largest absolute Gasteiger partial charge is 0.274 e. The summed E-state index contributed by atoms with van der Waals surface area (Å²) in [6.07, 6.45) is 6.87. The fraction of sp³-hybridized carbons (Fsp3) is 0.667. The van der Waals surface area contributed by atoms with Crippen LogP contribution < -0.4 is 0 Å². The number of nitrogens with zero attached hydrogens (tertiary/aromatic N) is 4. The Morgan fingerprint density at radius 3 is 1.39 bits per heavy atom. The Kier molecular flexibility index (Phi) is 7.96. The second-order valence-electron chi connectivity index (χ2n) is 3.96. The zero-order valence-electron chi connectivity index (χ0n) is 10.8. The maximum Gasteiger partial charge on any atom is 0.232 e. The lowest BCUT2D eigenvalue weighted by molar-refractivity contribution is -0.126. The number of nitriles is 2. The minimum Gasteiger partial charge on any atom is -0.274 e. The summed E-state index contributed by atoms with van der Waals surface area (Å²) in [5, 5.41) is 17.3. The van der Waals surface area contributed by atoms with E-state index in [9.17, 15) is 9.59 Å². The van der Waals surface area contributed by atoms with Crippen molar-refractivity contribution >= 4 is 11.8 Å². The van der Waals surface area contributed by atoms with Crippen LogP contribution in [0.15, 0.2) is 0 Å². The van der Waals surface area contributed by atoms with Gasteiger partial charge in [0.2, 0.25) is 11.8 Å². The van der Waals surface area contributed by atoms with Gasteiger partial charge in [-0.2, -0.15) is 10.5 Å². The van der Waals surface area contributed by atoms with Gasteiger partial charge in [-0.3, -0.25) is 9.59 Å². The van der Waals surface area contributed by atoms with Gasteiger partial charge in [0.25, 0.3) is 0 Å². The molecule has 18 heavy (non-hydrogen) atoms. The Bertz CT molecular complexity index is 331. The molecule has 6 heteroatoms. The van der Waals surface area contributed by atoms with Gasteiger partial charge in [-0.15, -0.1) is 0 Å². The smallest absolute Gasteiger partial charge is 0.232 e. The average molecular weight is 250 g/mol. The molecule has 2 amide bonds. The maximum atomic E-state index is 10.9. The first-order chi connectivity index (χ1) is 8.52. The summed E-state index contributed by atoms with van der Waals surface area (Å²) >= 11 is 0. The Morgan fingerprint density at radius 1 is 0.833 bits per heavy atom. The molecular weight excluding hydrogens is 232 g/mol. The lowest BCUT2D eigenvalue weighted by atomic mass is 10.2. The fourth-order valence-corrected chi connectivity index (χ4v) is 1.45. The number of hydrogen-bond acceptors (Lipinski definition) is 4. The van der Waals surface area contributed by atoms with E-state index < -0.39 is 0 Å². The number of amides is 2. The van der Waals surface area contributed by atoms with E-state index in [1.54, 1.807) is 0 Å². The van der Waals surface area contributed by atoms with E-state index in [0.29, 0.717) is 13.1 Å². The van der Waals surface area contributed by atoms with Crippen LogP contribution in [0, 0.1) is 22.9 Å². The van der Waals surface area contributed by atoms with Crippen molar-refractivity contribution in [1.29, 1.82) is 10.5 Å². The fourth-order valence-electron chi connectivity index (χ4n) is 1.45. The Morgan fingerprint density at radius 2 is 1.17 bits per heavy atom. The first kappa shape index (κ1) is 15.9. The first-order valence-electron chi connectivity index (χ1n) is 5.88. The second kappa shape index (κ2) is 9.00. The van der Waals surface area contributed by atoms with Crippen LogP contribution in [0.3, 0.4) is 0 Å². The van der Waals surface area contributed by atoms with Crippen LogP contribution in [0.4, 0.5) is 0 Å². The molecule has 0 aliphatic heterocycles. The maximum absolute atomic E-state index is 10.9. The summed E-state index contributed by atoms with van der Waals surface area (Å²) in [6.45, 7) is 3.59. The molecule has 98 valence electrons. The predicted molar refractivity (Wildman–Crippen MR) is 64.5 cm³/mol. The van der Waals surface area contributed by atoms with E-state index in [0.717, 1.165) is 35.5 Å². The number of carbonyl (C=O) groups is 2. The molecule has 0 saturated heterocycles. The highest BCUT2D eigenvalue weighted by atomic mass is 16.2. The van der Waals surface area contributed by atoms with Gasteiger partial charge < -0.3 is 0 Å². The van der Waals surface area contributed by atoms with Gasteiger partial charge in [-0.05, 0) is 12.8 Å². The molecule has 0 rings (SSSR count). The minimum absolute atomic E-state index is 0.246. The van der Waals surface area contributed by atoms with E-state index in [-0.39, 0.29) is 11.8 Å². The standard InChI is InChI=1S/C12H18N4O2/c1-11(17)15(9-13)7-5-3-4-6-8-16(10-14)12(2)18/h3-8H2,1-2H3. The Hall–Kier alpha value is -2.08. The van der Waals surface area contributed by atoms with Gasteiger partial charge in [0.1, 0.15) is 0 Å². The molecule has 0 bridgehead atoms. The molecule has 0 saturated carbocycles. The zero-order chi connectivity index (χ0) is 14.0. The molecule has 0 N–H and O–H groups in total. The topological polar surface area (TPSA) is 88.2 Å². The normalized spacial score (nSPS) is 9.11. The highest BCUT2D eigenvalue weighted by Crippen LogP contribution is 2.03. The van der Waals surface area contributed by atoms with Gasteiger partial charge in [-0.25, -0.2) is 9.80 Å². The molecule has 0 aromatic carbocycles. The van der Waals surface area contributed by atoms with E-state index in [4.69, 9.17) is 10.5 Å². The summed E-state index contributed by atoms with van der Waals surface area (Å²) in [4.78, 5) is 24.1. The van der Waals surface area contributed by atoms with Crippen LogP contribution in [-0.2, 0) is 9.59 Å². The Balaban J connectivity index is 3.64. The van der Waals surface area contributed by atoms with Crippen molar-refractivity contribution in [2.24, 2.45) is 0 Å². The van der Waals surface area contributed by atoms with Crippen molar-refractivity contribution < 1.29 is 9.59 Å². The average Bonchev–Trinajstić information content (AvgIpc) is 2.32. The molecule has 0 aliphatic rings. The molecule has 0 fully saturated rings. The number of hydrogen-bond donors (Lipinski definition) is 0. The zero-order valence-corrected chi connectivity index (χ0v) is 10.8. The first-order valence-corrected chi connectivity index (χ1v) is 5.88. The summed E-state index contributed by atoms with van der Waals surface area (Å²) in [7, 11) is 0. The molecule has 0 unspecified atom stereocenters. The number of carbonyl (C=O) groups excluding carboxylic acids is 2. The molecule has 0 aliphatic carbocycles. The third-order valence-corrected chi connectivity index (χ3v) is 2.52. The van der Waals surface area contributed by atoms with Crippen molar-refractivity contribution in [3.8, 4) is 12.4 Å². The van der Waals surface area contributed by atoms with Gasteiger partial charge in [-0.1, -0.05) is 12.8 Å². The van der Waals surface area contributed by atoms with Crippen LogP contribution in [0.25, 0.3) is 0 Å². The molecule has 6 nitrogen and oxygen atoms in total. The monoisotopic (exact) mass is 250 g/mol. The molecule has 0 aromatic rings. The highest BCUT2D eigenvalue weighted by Gasteiger charge is 2.07. The quantitative estimate of drug-likeness (QED) is 0.386. The van der Waals surface area contributed by atoms with Crippen LogP contribution in [-0.4, -0.2) is 34.7 Å². The van der Waals surface area contributed by atoms with Crippen molar-refractivity contribution in [3.63, 3.8) is 0 Å². The van der Waals surface area contributed by atoms with Crippen molar-refractivity contribution in [2.45, 2.75) is 39.5 Å². The third kappa shape index (κ3) is 6.49. The SMILES string of the molecule is CC(=O)N(C#N)CCCCCCN(C#N)C(C)=O. The van der Waals surface area contributed by atoms with Crippen molar-refractivity contribution in [1.82, 2.24) is 9.80 Å². The second-order valence-corrected chi connectivity index (χ2v) is 3.96. The lowest BCUT2D eigenvalue weighted by Gasteiger charge is -2.12. The number of rotatable bonds is 7. The van der Waals surface area contributed by atoms with Crippen LogP contribution >= 0.6 is 0 Å². The Labute approximate surface area is 107 Å². The highest BCUT2D eigenvalue weighted by molar-refractivity contribution is 5.75. The van der Waals surface area contributed by atoms with Gasteiger partial charge in [0, 0.05) is 26.9 Å². The van der Waals surface area contributed by atoms with E-state index in [2.05, 4.69) is 0 Å². The molecule has 0 aromatic heterocycles. The summed E-state index contributed by atoms with van der Waals surface area (Å²) in [6, 6.07) is 0. The van der Waals surface area contributed by atoms with Gasteiger partial charge >= 0.3 is 0 Å². The molecule has 0 atom stereocenters. The van der Waals surface area contributed by atoms with E-state index >= 15 is 0 Å². The van der Waals surface area contributed by atoms with Crippen LogP contribution in [0.5, 0.6) is 0 Å². The number of unbranched alkanes of at least 4 members (excludes halogenated alkanes) is 3. The van der Waals surface area contributed by atoms with Crippen LogP contribution in [0.1, 0.15) is 39.5 Å². The van der Waals surface area contributed by atoms with Crippen molar-refractivity contribution in [3.05, 3.63) is 0 Å². The van der Waals surface area contributed by atoms with E-state index in [1.807, 2.05) is 12.4 Å². The summed E-state index contributed by atoms with van der Waals surface area (Å²) in [5.74, 6) is -0.491. The minimum atomic E-state index is -0.246. The van der Waals surface area contributed by atoms with Crippen LogP contribution in [0.2, 0.25) is 0 Å². The van der Waals surface area contributed by atoms with Gasteiger partial charge in [0.15, 0.2) is 12.4 Å².